The van der Waals surface area contributed by atoms with Crippen molar-refractivity contribution in [3.63, 3.8) is 0 Å². The van der Waals surface area contributed by atoms with Gasteiger partial charge in [-0.05, 0) is 19.1 Å². The molecular formula is C19H15N5OS. The third-order valence-corrected chi connectivity index (χ3v) is 4.55. The fourth-order valence-corrected chi connectivity index (χ4v) is 3.08. The second-order valence-corrected chi connectivity index (χ2v) is 6.60. The summed E-state index contributed by atoms with van der Waals surface area (Å²) in [6.45, 7) is 2.02. The van der Waals surface area contributed by atoms with E-state index in [2.05, 4.69) is 25.3 Å². The third kappa shape index (κ3) is 3.25. The van der Waals surface area contributed by atoms with Crippen LogP contribution in [0.15, 0.2) is 60.4 Å². The fraction of sp³-hybridized carbons (Fsp3) is 0.0526. The van der Waals surface area contributed by atoms with Crippen LogP contribution in [0.5, 0.6) is 0 Å². The van der Waals surface area contributed by atoms with Gasteiger partial charge in [0.1, 0.15) is 5.82 Å². The number of hydrogen-bond acceptors (Lipinski definition) is 5. The quantitative estimate of drug-likeness (QED) is 0.572. The number of amides is 1. The number of aromatic amines is 1. The topological polar surface area (TPSA) is 83.6 Å². The molecule has 1 amide bonds. The molecule has 6 nitrogen and oxygen atoms in total. The number of aromatic nitrogens is 4. The summed E-state index contributed by atoms with van der Waals surface area (Å²) in [6, 6.07) is 11.6. The highest BCUT2D eigenvalue weighted by Crippen LogP contribution is 2.27. The lowest BCUT2D eigenvalue weighted by molar-refractivity contribution is 0.102. The van der Waals surface area contributed by atoms with Crippen molar-refractivity contribution in [2.45, 2.75) is 6.92 Å². The van der Waals surface area contributed by atoms with Crippen LogP contribution in [-0.2, 0) is 0 Å². The zero-order valence-electron chi connectivity index (χ0n) is 13.9. The van der Waals surface area contributed by atoms with Crippen molar-refractivity contribution in [1.82, 2.24) is 19.9 Å². The van der Waals surface area contributed by atoms with Gasteiger partial charge in [0.05, 0.1) is 5.69 Å². The summed E-state index contributed by atoms with van der Waals surface area (Å²) in [7, 11) is 0. The smallest absolute Gasteiger partial charge is 0.278 e. The van der Waals surface area contributed by atoms with Crippen molar-refractivity contribution >= 4 is 22.4 Å². The highest BCUT2D eigenvalue weighted by atomic mass is 32.1. The normalized spacial score (nSPS) is 10.7. The van der Waals surface area contributed by atoms with Gasteiger partial charge in [-0.2, -0.15) is 0 Å². The molecule has 0 aliphatic rings. The lowest BCUT2D eigenvalue weighted by atomic mass is 10.1. The number of H-pyrrole nitrogens is 1. The van der Waals surface area contributed by atoms with Crippen LogP contribution in [0.2, 0.25) is 0 Å². The number of imidazole rings is 1. The SMILES string of the molecule is Cc1ccc(-c2[nH]c(-c3ccncc3)nc2C(=O)Nc2nccs2)cc1. The standard InChI is InChI=1S/C19H15N5OS/c1-12-2-4-13(5-3-12)15-16(18(25)24-19-21-10-11-26-19)23-17(22-15)14-6-8-20-9-7-14/h2-11H,1H3,(H,22,23)(H,21,24,25). The summed E-state index contributed by atoms with van der Waals surface area (Å²) < 4.78 is 0. The van der Waals surface area contributed by atoms with Crippen LogP contribution >= 0.6 is 11.3 Å². The number of benzene rings is 1. The minimum atomic E-state index is -0.299. The Bertz CT molecular complexity index is 1020. The minimum Gasteiger partial charge on any atom is -0.337 e. The maximum absolute atomic E-state index is 12.8. The molecule has 0 radical (unpaired) electrons. The highest BCUT2D eigenvalue weighted by Gasteiger charge is 2.20. The molecule has 3 aromatic heterocycles. The third-order valence-electron chi connectivity index (χ3n) is 3.87. The fourth-order valence-electron chi connectivity index (χ4n) is 2.55. The first-order valence-corrected chi connectivity index (χ1v) is 8.87. The Morgan fingerprint density at radius 1 is 1.04 bits per heavy atom. The summed E-state index contributed by atoms with van der Waals surface area (Å²) in [6.07, 6.45) is 5.03. The number of nitrogens with one attached hydrogen (secondary N) is 2. The summed E-state index contributed by atoms with van der Waals surface area (Å²) >= 11 is 1.36. The molecule has 0 saturated carbocycles. The molecule has 128 valence electrons. The maximum atomic E-state index is 12.8. The number of aryl methyl sites for hydroxylation is 1. The molecule has 1 aromatic carbocycles. The summed E-state index contributed by atoms with van der Waals surface area (Å²) in [4.78, 5) is 28.7. The molecule has 0 saturated heterocycles. The van der Waals surface area contributed by atoms with Crippen LogP contribution in [0.1, 0.15) is 16.1 Å². The molecule has 0 unspecified atom stereocenters. The molecule has 0 fully saturated rings. The predicted octanol–water partition coefficient (Wildman–Crippen LogP) is 4.16. The summed E-state index contributed by atoms with van der Waals surface area (Å²) in [5.74, 6) is 0.319. The van der Waals surface area contributed by atoms with E-state index < -0.39 is 0 Å². The zero-order chi connectivity index (χ0) is 17.9. The van der Waals surface area contributed by atoms with Gasteiger partial charge in [0.2, 0.25) is 0 Å². The van der Waals surface area contributed by atoms with Gasteiger partial charge in [-0.15, -0.1) is 11.3 Å². The molecule has 0 atom stereocenters. The molecular weight excluding hydrogens is 346 g/mol. The van der Waals surface area contributed by atoms with Gasteiger partial charge in [0.15, 0.2) is 10.8 Å². The number of rotatable bonds is 4. The molecule has 0 aliphatic heterocycles. The predicted molar refractivity (Wildman–Crippen MR) is 102 cm³/mol. The van der Waals surface area contributed by atoms with Crippen LogP contribution < -0.4 is 5.32 Å². The number of anilines is 1. The van der Waals surface area contributed by atoms with E-state index in [-0.39, 0.29) is 5.91 Å². The molecule has 0 spiro atoms. The molecule has 0 aliphatic carbocycles. The second-order valence-electron chi connectivity index (χ2n) is 5.70. The van der Waals surface area contributed by atoms with E-state index >= 15 is 0 Å². The van der Waals surface area contributed by atoms with E-state index in [0.717, 1.165) is 16.7 Å². The van der Waals surface area contributed by atoms with Crippen molar-refractivity contribution in [3.8, 4) is 22.6 Å². The number of thiazole rings is 1. The van der Waals surface area contributed by atoms with E-state index in [1.807, 2.05) is 48.7 Å². The van der Waals surface area contributed by atoms with Crippen LogP contribution in [0.25, 0.3) is 22.6 Å². The Kier molecular flexibility index (Phi) is 4.28. The number of carbonyl (C=O) groups is 1. The first kappa shape index (κ1) is 16.2. The molecule has 26 heavy (non-hydrogen) atoms. The average molecular weight is 361 g/mol. The molecule has 4 rings (SSSR count). The maximum Gasteiger partial charge on any atom is 0.278 e. The lowest BCUT2D eigenvalue weighted by Gasteiger charge is -2.03. The Hall–Kier alpha value is -3.32. The van der Waals surface area contributed by atoms with Crippen molar-refractivity contribution in [2.24, 2.45) is 0 Å². The first-order chi connectivity index (χ1) is 12.7. The van der Waals surface area contributed by atoms with E-state index in [1.165, 1.54) is 11.3 Å². The molecule has 7 heteroatoms. The van der Waals surface area contributed by atoms with Crippen LogP contribution in [0.3, 0.4) is 0 Å². The molecule has 0 bridgehead atoms. The Balaban J connectivity index is 1.78. The Labute approximate surface area is 154 Å². The zero-order valence-corrected chi connectivity index (χ0v) is 14.7. The Morgan fingerprint density at radius 2 is 1.81 bits per heavy atom. The van der Waals surface area contributed by atoms with Crippen molar-refractivity contribution < 1.29 is 4.79 Å². The van der Waals surface area contributed by atoms with E-state index in [4.69, 9.17) is 0 Å². The Morgan fingerprint density at radius 3 is 2.50 bits per heavy atom. The van der Waals surface area contributed by atoms with E-state index in [9.17, 15) is 4.79 Å². The van der Waals surface area contributed by atoms with Gasteiger partial charge in [0.25, 0.3) is 5.91 Å². The second kappa shape index (κ2) is 6.89. The van der Waals surface area contributed by atoms with Gasteiger partial charge >= 0.3 is 0 Å². The number of pyridine rings is 1. The van der Waals surface area contributed by atoms with Crippen LogP contribution in [-0.4, -0.2) is 25.8 Å². The van der Waals surface area contributed by atoms with Crippen molar-refractivity contribution in [1.29, 1.82) is 0 Å². The average Bonchev–Trinajstić information content (AvgIpc) is 3.33. The van der Waals surface area contributed by atoms with Crippen molar-refractivity contribution in [3.05, 3.63) is 71.6 Å². The first-order valence-electron chi connectivity index (χ1n) is 7.99. The molecule has 3 heterocycles. The number of carbonyl (C=O) groups excluding carboxylic acids is 1. The van der Waals surface area contributed by atoms with Crippen molar-refractivity contribution in [2.75, 3.05) is 5.32 Å². The summed E-state index contributed by atoms with van der Waals surface area (Å²) in [5.41, 5.74) is 3.91. The molecule has 2 N–H and O–H groups in total. The van der Waals surface area contributed by atoms with Gasteiger partial charge in [-0.25, -0.2) is 9.97 Å². The number of nitrogens with zero attached hydrogens (tertiary/aromatic N) is 3. The van der Waals surface area contributed by atoms with E-state index in [1.54, 1.807) is 18.6 Å². The van der Waals surface area contributed by atoms with Gasteiger partial charge in [-0.1, -0.05) is 29.8 Å². The minimum absolute atomic E-state index is 0.299. The summed E-state index contributed by atoms with van der Waals surface area (Å²) in [5, 5.41) is 5.15. The van der Waals surface area contributed by atoms with Gasteiger partial charge in [-0.3, -0.25) is 15.1 Å². The lowest BCUT2D eigenvalue weighted by Crippen LogP contribution is -2.13. The van der Waals surface area contributed by atoms with Gasteiger partial charge < -0.3 is 4.98 Å². The molecule has 4 aromatic rings. The van der Waals surface area contributed by atoms with Crippen LogP contribution in [0.4, 0.5) is 5.13 Å². The van der Waals surface area contributed by atoms with Crippen LogP contribution in [0, 0.1) is 6.92 Å². The largest absolute Gasteiger partial charge is 0.337 e. The van der Waals surface area contributed by atoms with Gasteiger partial charge in [0, 0.05) is 35.1 Å². The van der Waals surface area contributed by atoms with E-state index in [0.29, 0.717) is 22.3 Å². The monoisotopic (exact) mass is 361 g/mol. The number of hydrogen-bond donors (Lipinski definition) is 2. The highest BCUT2D eigenvalue weighted by molar-refractivity contribution is 7.13.